The lowest BCUT2D eigenvalue weighted by Crippen LogP contribution is -2.45. The molecule has 0 spiro atoms. The van der Waals surface area contributed by atoms with Gasteiger partial charge in [-0.3, -0.25) is 9.59 Å². The maximum absolute atomic E-state index is 12.2. The summed E-state index contributed by atoms with van der Waals surface area (Å²) in [6, 6.07) is 8.74. The molecule has 2 aromatic heterocycles. The number of hydrogen-bond acceptors (Lipinski definition) is 6. The van der Waals surface area contributed by atoms with Gasteiger partial charge in [-0.25, -0.2) is 0 Å². The SMILES string of the molecule is O=C(NCC(O)(c1ccoc1)c1ccco1)C(=O)Nc1ccc(OC(F)(F)F)cc1. The smallest absolute Gasteiger partial charge is 0.472 e. The van der Waals surface area contributed by atoms with Gasteiger partial charge in [0.05, 0.1) is 25.3 Å². The molecule has 0 saturated carbocycles. The van der Waals surface area contributed by atoms with E-state index in [4.69, 9.17) is 8.83 Å². The van der Waals surface area contributed by atoms with Gasteiger partial charge < -0.3 is 29.3 Å². The summed E-state index contributed by atoms with van der Waals surface area (Å²) in [5.74, 6) is -2.54. The third-order valence-electron chi connectivity index (χ3n) is 3.98. The third-order valence-corrected chi connectivity index (χ3v) is 3.98. The zero-order valence-corrected chi connectivity index (χ0v) is 15.1. The first-order valence-electron chi connectivity index (χ1n) is 8.41. The summed E-state index contributed by atoms with van der Waals surface area (Å²) in [5, 5.41) is 15.5. The largest absolute Gasteiger partial charge is 0.573 e. The first kappa shape index (κ1) is 21.0. The maximum Gasteiger partial charge on any atom is 0.573 e. The molecule has 0 aliphatic carbocycles. The Morgan fingerprint density at radius 3 is 2.33 bits per heavy atom. The van der Waals surface area contributed by atoms with E-state index in [0.29, 0.717) is 5.56 Å². The second kappa shape index (κ2) is 8.33. The highest BCUT2D eigenvalue weighted by molar-refractivity contribution is 6.39. The van der Waals surface area contributed by atoms with E-state index in [1.165, 1.54) is 30.9 Å². The van der Waals surface area contributed by atoms with Crippen molar-refractivity contribution in [3.63, 3.8) is 0 Å². The molecule has 11 heteroatoms. The Hall–Kier alpha value is -3.73. The number of aliphatic hydroxyl groups is 1. The molecule has 30 heavy (non-hydrogen) atoms. The minimum Gasteiger partial charge on any atom is -0.472 e. The first-order chi connectivity index (χ1) is 14.2. The zero-order chi connectivity index (χ0) is 21.8. The third kappa shape index (κ3) is 5.00. The van der Waals surface area contributed by atoms with E-state index >= 15 is 0 Å². The highest BCUT2D eigenvalue weighted by atomic mass is 19.4. The normalized spacial score (nSPS) is 13.3. The van der Waals surface area contributed by atoms with E-state index in [0.717, 1.165) is 24.3 Å². The molecule has 0 bridgehead atoms. The molecule has 1 atom stereocenters. The van der Waals surface area contributed by atoms with Crippen LogP contribution in [0.3, 0.4) is 0 Å². The maximum atomic E-state index is 12.2. The van der Waals surface area contributed by atoms with Crippen LogP contribution in [0.4, 0.5) is 18.9 Å². The van der Waals surface area contributed by atoms with Crippen LogP contribution in [0.15, 0.2) is 70.1 Å². The number of ether oxygens (including phenoxy) is 1. The zero-order valence-electron chi connectivity index (χ0n) is 15.1. The molecule has 3 N–H and O–H groups in total. The van der Waals surface area contributed by atoms with E-state index in [9.17, 15) is 27.9 Å². The van der Waals surface area contributed by atoms with Crippen molar-refractivity contribution in [2.75, 3.05) is 11.9 Å². The van der Waals surface area contributed by atoms with E-state index in [-0.39, 0.29) is 11.4 Å². The molecule has 3 aromatic rings. The van der Waals surface area contributed by atoms with Crippen molar-refractivity contribution in [1.82, 2.24) is 5.32 Å². The number of furan rings is 2. The fraction of sp³-hybridized carbons (Fsp3) is 0.158. The van der Waals surface area contributed by atoms with Gasteiger partial charge in [0.1, 0.15) is 11.5 Å². The van der Waals surface area contributed by atoms with E-state index in [1.54, 1.807) is 6.07 Å². The van der Waals surface area contributed by atoms with Gasteiger partial charge in [-0.1, -0.05) is 0 Å². The Morgan fingerprint density at radius 2 is 1.77 bits per heavy atom. The quantitative estimate of drug-likeness (QED) is 0.525. The van der Waals surface area contributed by atoms with Gasteiger partial charge in [0.25, 0.3) is 0 Å². The number of benzene rings is 1. The lowest BCUT2D eigenvalue weighted by molar-refractivity contribution is -0.274. The van der Waals surface area contributed by atoms with Crippen LogP contribution in [0, 0.1) is 0 Å². The summed E-state index contributed by atoms with van der Waals surface area (Å²) in [5.41, 5.74) is -1.43. The molecular formula is C19H15F3N2O6. The van der Waals surface area contributed by atoms with Crippen molar-refractivity contribution in [3.8, 4) is 5.75 Å². The van der Waals surface area contributed by atoms with E-state index in [2.05, 4.69) is 15.4 Å². The average molecular weight is 424 g/mol. The summed E-state index contributed by atoms with van der Waals surface area (Å²) in [6.07, 6.45) is -0.922. The van der Waals surface area contributed by atoms with Crippen LogP contribution in [0.1, 0.15) is 11.3 Å². The number of halogens is 3. The lowest BCUT2D eigenvalue weighted by atomic mass is 9.93. The number of nitrogens with one attached hydrogen (secondary N) is 2. The first-order valence-corrected chi connectivity index (χ1v) is 8.41. The second-order valence-corrected chi connectivity index (χ2v) is 6.06. The molecule has 1 unspecified atom stereocenters. The number of carbonyl (C=O) groups excluding carboxylic acids is 2. The molecule has 1 aromatic carbocycles. The molecule has 8 nitrogen and oxygen atoms in total. The number of hydrogen-bond donors (Lipinski definition) is 3. The van der Waals surface area contributed by atoms with Crippen molar-refractivity contribution >= 4 is 17.5 Å². The van der Waals surface area contributed by atoms with Crippen LogP contribution in [0.25, 0.3) is 0 Å². The molecular weight excluding hydrogens is 409 g/mol. The topological polar surface area (TPSA) is 114 Å². The number of anilines is 1. The highest BCUT2D eigenvalue weighted by Crippen LogP contribution is 2.30. The summed E-state index contributed by atoms with van der Waals surface area (Å²) in [7, 11) is 0. The van der Waals surface area contributed by atoms with E-state index < -0.39 is 36.1 Å². The van der Waals surface area contributed by atoms with Gasteiger partial charge in [0, 0.05) is 11.3 Å². The summed E-state index contributed by atoms with van der Waals surface area (Å²) < 4.78 is 50.4. The van der Waals surface area contributed by atoms with Crippen molar-refractivity contribution in [1.29, 1.82) is 0 Å². The predicted molar refractivity (Wildman–Crippen MR) is 95.2 cm³/mol. The summed E-state index contributed by atoms with van der Waals surface area (Å²) in [4.78, 5) is 24.2. The number of amides is 2. The standard InChI is InChI=1S/C19H15F3N2O6/c20-19(21,22)30-14-5-3-13(4-6-14)24-17(26)16(25)23-11-18(27,12-7-9-28-10-12)15-2-1-8-29-15/h1-10,27H,11H2,(H,23,25)(H,24,26). The van der Waals surface area contributed by atoms with Crippen molar-refractivity contribution in [2.45, 2.75) is 12.0 Å². The van der Waals surface area contributed by atoms with Crippen molar-refractivity contribution in [2.24, 2.45) is 0 Å². The van der Waals surface area contributed by atoms with Gasteiger partial charge in [-0.15, -0.1) is 13.2 Å². The van der Waals surface area contributed by atoms with Gasteiger partial charge in [0.2, 0.25) is 0 Å². The molecule has 158 valence electrons. The summed E-state index contributed by atoms with van der Waals surface area (Å²) in [6.45, 7) is -0.412. The predicted octanol–water partition coefficient (Wildman–Crippen LogP) is 2.76. The molecule has 2 heterocycles. The molecule has 2 amide bonds. The Kier molecular flexibility index (Phi) is 5.83. The minimum absolute atomic E-state index is 0.0702. The van der Waals surface area contributed by atoms with Gasteiger partial charge >= 0.3 is 18.2 Å². The Labute approximate surface area is 167 Å². The Morgan fingerprint density at radius 1 is 1.03 bits per heavy atom. The van der Waals surface area contributed by atoms with Crippen molar-refractivity contribution < 1.29 is 41.4 Å². The van der Waals surface area contributed by atoms with Crippen LogP contribution in [-0.4, -0.2) is 29.8 Å². The van der Waals surface area contributed by atoms with Crippen LogP contribution in [-0.2, 0) is 15.2 Å². The molecule has 0 saturated heterocycles. The number of carbonyl (C=O) groups is 2. The lowest BCUT2D eigenvalue weighted by Gasteiger charge is -2.25. The Bertz CT molecular complexity index is 948. The fourth-order valence-corrected chi connectivity index (χ4v) is 2.56. The monoisotopic (exact) mass is 424 g/mol. The molecule has 0 aliphatic heterocycles. The summed E-state index contributed by atoms with van der Waals surface area (Å²) >= 11 is 0. The minimum atomic E-state index is -4.84. The number of alkyl halides is 3. The molecule has 0 radical (unpaired) electrons. The number of rotatable bonds is 6. The molecule has 3 rings (SSSR count). The fourth-order valence-electron chi connectivity index (χ4n) is 2.56. The van der Waals surface area contributed by atoms with Gasteiger partial charge in [-0.05, 0) is 42.5 Å². The average Bonchev–Trinajstić information content (AvgIpc) is 3.40. The van der Waals surface area contributed by atoms with Crippen LogP contribution in [0.5, 0.6) is 5.75 Å². The molecule has 0 fully saturated rings. The second-order valence-electron chi connectivity index (χ2n) is 6.06. The Balaban J connectivity index is 1.62. The molecule has 0 aliphatic rings. The van der Waals surface area contributed by atoms with E-state index in [1.807, 2.05) is 0 Å². The highest BCUT2D eigenvalue weighted by Gasteiger charge is 2.36. The van der Waals surface area contributed by atoms with Gasteiger partial charge in [-0.2, -0.15) is 0 Å². The van der Waals surface area contributed by atoms with Crippen molar-refractivity contribution in [3.05, 3.63) is 72.6 Å². The van der Waals surface area contributed by atoms with Crippen LogP contribution < -0.4 is 15.4 Å². The van der Waals surface area contributed by atoms with Crippen LogP contribution in [0.2, 0.25) is 0 Å². The van der Waals surface area contributed by atoms with Gasteiger partial charge in [0.15, 0.2) is 5.60 Å². The van der Waals surface area contributed by atoms with Crippen LogP contribution >= 0.6 is 0 Å².